The van der Waals surface area contributed by atoms with Crippen LogP contribution in [-0.2, 0) is 6.61 Å². The van der Waals surface area contributed by atoms with Gasteiger partial charge in [0, 0.05) is 22.2 Å². The zero-order chi connectivity index (χ0) is 18.8. The van der Waals surface area contributed by atoms with E-state index in [2.05, 4.69) is 4.98 Å². The molecule has 3 N–H and O–H groups in total. The third-order valence-electron chi connectivity index (χ3n) is 3.49. The van der Waals surface area contributed by atoms with Crippen molar-refractivity contribution in [3.63, 3.8) is 0 Å². The van der Waals surface area contributed by atoms with E-state index in [1.165, 1.54) is 12.3 Å². The van der Waals surface area contributed by atoms with E-state index in [-0.39, 0.29) is 33.6 Å². The van der Waals surface area contributed by atoms with Crippen LogP contribution in [0.3, 0.4) is 0 Å². The Morgan fingerprint density at radius 1 is 1.27 bits per heavy atom. The van der Waals surface area contributed by atoms with Gasteiger partial charge in [0.25, 0.3) is 0 Å². The van der Waals surface area contributed by atoms with E-state index < -0.39 is 17.6 Å². The number of halogens is 3. The van der Waals surface area contributed by atoms with Gasteiger partial charge < -0.3 is 15.6 Å². The number of thiophene rings is 1. The summed E-state index contributed by atoms with van der Waals surface area (Å²) in [6.45, 7) is -0.345. The molecule has 0 radical (unpaired) electrons. The highest BCUT2D eigenvalue weighted by Crippen LogP contribution is 2.33. The number of benzene rings is 1. The maximum atomic E-state index is 13.8. The summed E-state index contributed by atoms with van der Waals surface area (Å²) in [4.78, 5) is 15.8. The number of nitrogens with zero attached hydrogens (tertiary/aromatic N) is 1. The van der Waals surface area contributed by atoms with Crippen LogP contribution in [0, 0.1) is 11.6 Å². The molecule has 0 aliphatic heterocycles. The number of ether oxygens (including phenoxy) is 1. The van der Waals surface area contributed by atoms with Crippen molar-refractivity contribution in [1.29, 1.82) is 0 Å². The molecular formula is C17H11ClF2N2O3S. The van der Waals surface area contributed by atoms with Crippen LogP contribution in [0.25, 0.3) is 10.4 Å². The van der Waals surface area contributed by atoms with Gasteiger partial charge in [-0.15, -0.1) is 11.3 Å². The molecule has 9 heteroatoms. The molecule has 5 nitrogen and oxygen atoms in total. The second-order valence-electron chi connectivity index (χ2n) is 5.19. The van der Waals surface area contributed by atoms with Crippen molar-refractivity contribution in [2.75, 3.05) is 5.73 Å². The molecule has 0 unspecified atom stereocenters. The largest absolute Gasteiger partial charge is 0.485 e. The molecular weight excluding hydrogens is 386 g/mol. The molecule has 3 aromatic rings. The number of rotatable bonds is 5. The lowest BCUT2D eigenvalue weighted by Crippen LogP contribution is -2.04. The van der Waals surface area contributed by atoms with Crippen LogP contribution in [0.4, 0.5) is 14.6 Å². The number of aromatic nitrogens is 1. The van der Waals surface area contributed by atoms with Gasteiger partial charge in [-0.25, -0.2) is 18.6 Å². The summed E-state index contributed by atoms with van der Waals surface area (Å²) in [5, 5.41) is 8.64. The molecule has 2 heterocycles. The van der Waals surface area contributed by atoms with Gasteiger partial charge >= 0.3 is 5.97 Å². The Bertz CT molecular complexity index is 994. The predicted octanol–water partition coefficient (Wildman–Crippen LogP) is 4.60. The first-order valence-electron chi connectivity index (χ1n) is 7.21. The SMILES string of the molecule is Nc1ncc(-c2ccc(C(=O)O)s2)cc1OCc1c(F)ccc(F)c1Cl. The standard InChI is InChI=1S/C17H11ClF2N2O3S/c18-15-9(10(19)1-2-11(15)20)7-25-12-5-8(6-22-16(12)21)13-3-4-14(26-13)17(23)24/h1-6H,7H2,(H2,21,22)(H,23,24). The van der Waals surface area contributed by atoms with Crippen LogP contribution in [0.5, 0.6) is 5.75 Å². The van der Waals surface area contributed by atoms with Crippen LogP contribution >= 0.6 is 22.9 Å². The molecule has 3 rings (SSSR count). The smallest absolute Gasteiger partial charge is 0.345 e. The van der Waals surface area contributed by atoms with E-state index >= 15 is 0 Å². The fourth-order valence-corrected chi connectivity index (χ4v) is 3.20. The van der Waals surface area contributed by atoms with Crippen LogP contribution in [0.1, 0.15) is 15.2 Å². The third-order valence-corrected chi connectivity index (χ3v) is 5.02. The van der Waals surface area contributed by atoms with Gasteiger partial charge in [0.15, 0.2) is 11.6 Å². The minimum absolute atomic E-state index is 0.0525. The summed E-state index contributed by atoms with van der Waals surface area (Å²) in [5.74, 6) is -2.30. The van der Waals surface area contributed by atoms with Crippen LogP contribution in [0.15, 0.2) is 36.5 Å². The lowest BCUT2D eigenvalue weighted by atomic mass is 10.2. The molecule has 0 bridgehead atoms. The molecule has 0 atom stereocenters. The monoisotopic (exact) mass is 396 g/mol. The van der Waals surface area contributed by atoms with Crippen LogP contribution in [0.2, 0.25) is 5.02 Å². The average Bonchev–Trinajstić information content (AvgIpc) is 3.10. The maximum absolute atomic E-state index is 13.8. The number of pyridine rings is 1. The zero-order valence-corrected chi connectivity index (χ0v) is 14.6. The van der Waals surface area contributed by atoms with E-state index in [0.717, 1.165) is 23.5 Å². The Balaban J connectivity index is 1.87. The quantitative estimate of drug-likeness (QED) is 0.615. The molecule has 0 saturated carbocycles. The minimum Gasteiger partial charge on any atom is -0.485 e. The van der Waals surface area contributed by atoms with Gasteiger partial charge in [0.2, 0.25) is 0 Å². The normalized spacial score (nSPS) is 10.7. The first-order valence-corrected chi connectivity index (χ1v) is 8.40. The topological polar surface area (TPSA) is 85.4 Å². The number of anilines is 1. The van der Waals surface area contributed by atoms with Gasteiger partial charge in [0.1, 0.15) is 23.1 Å². The Morgan fingerprint density at radius 2 is 2.00 bits per heavy atom. The van der Waals surface area contributed by atoms with Gasteiger partial charge in [-0.1, -0.05) is 11.6 Å². The number of nitrogen functional groups attached to an aromatic ring is 1. The van der Waals surface area contributed by atoms with E-state index in [1.807, 2.05) is 0 Å². The first-order chi connectivity index (χ1) is 12.4. The first kappa shape index (κ1) is 18.1. The van der Waals surface area contributed by atoms with Crippen molar-refractivity contribution in [3.05, 3.63) is 63.6 Å². The fourth-order valence-electron chi connectivity index (χ4n) is 2.16. The summed E-state index contributed by atoms with van der Waals surface area (Å²) in [7, 11) is 0. The molecule has 0 amide bonds. The Hall–Kier alpha value is -2.71. The van der Waals surface area contributed by atoms with E-state index in [9.17, 15) is 13.6 Å². The molecule has 0 fully saturated rings. The molecule has 0 aliphatic rings. The van der Waals surface area contributed by atoms with E-state index in [1.54, 1.807) is 12.1 Å². The van der Waals surface area contributed by atoms with Crippen molar-refractivity contribution in [2.24, 2.45) is 0 Å². The van der Waals surface area contributed by atoms with Crippen molar-refractivity contribution < 1.29 is 23.4 Å². The molecule has 26 heavy (non-hydrogen) atoms. The van der Waals surface area contributed by atoms with Gasteiger partial charge in [-0.3, -0.25) is 0 Å². The highest BCUT2D eigenvalue weighted by molar-refractivity contribution is 7.17. The maximum Gasteiger partial charge on any atom is 0.345 e. The summed E-state index contributed by atoms with van der Waals surface area (Å²) in [6, 6.07) is 6.53. The lowest BCUT2D eigenvalue weighted by molar-refractivity contribution is 0.0702. The van der Waals surface area contributed by atoms with E-state index in [0.29, 0.717) is 10.4 Å². The zero-order valence-electron chi connectivity index (χ0n) is 13.0. The molecule has 0 aliphatic carbocycles. The van der Waals surface area contributed by atoms with Gasteiger partial charge in [-0.05, 0) is 30.3 Å². The number of nitrogens with two attached hydrogens (primary N) is 1. The summed E-state index contributed by atoms with van der Waals surface area (Å²) in [5.41, 5.74) is 6.21. The minimum atomic E-state index is -1.03. The van der Waals surface area contributed by atoms with Crippen molar-refractivity contribution >= 4 is 34.7 Å². The Kier molecular flexibility index (Phi) is 5.06. The van der Waals surface area contributed by atoms with Crippen molar-refractivity contribution in [3.8, 4) is 16.2 Å². The molecule has 0 saturated heterocycles. The summed E-state index contributed by atoms with van der Waals surface area (Å²) < 4.78 is 32.8. The fraction of sp³-hybridized carbons (Fsp3) is 0.0588. The highest BCUT2D eigenvalue weighted by atomic mass is 35.5. The van der Waals surface area contributed by atoms with Gasteiger partial charge in [-0.2, -0.15) is 0 Å². The van der Waals surface area contributed by atoms with Crippen LogP contribution < -0.4 is 10.5 Å². The third kappa shape index (κ3) is 3.61. The number of hydrogen-bond acceptors (Lipinski definition) is 5. The number of carboxylic acids is 1. The molecule has 134 valence electrons. The molecule has 0 spiro atoms. The number of carbonyl (C=O) groups is 1. The molecule has 1 aromatic carbocycles. The summed E-state index contributed by atoms with van der Waals surface area (Å²) >= 11 is 6.83. The average molecular weight is 397 g/mol. The second kappa shape index (κ2) is 7.27. The number of hydrogen-bond donors (Lipinski definition) is 2. The van der Waals surface area contributed by atoms with E-state index in [4.69, 9.17) is 27.2 Å². The Morgan fingerprint density at radius 3 is 2.69 bits per heavy atom. The van der Waals surface area contributed by atoms with Crippen molar-refractivity contribution in [1.82, 2.24) is 4.98 Å². The summed E-state index contributed by atoms with van der Waals surface area (Å²) in [6.07, 6.45) is 1.47. The second-order valence-corrected chi connectivity index (χ2v) is 6.65. The number of carboxylic acid groups (broad SMARTS) is 1. The number of aromatic carboxylic acids is 1. The van der Waals surface area contributed by atoms with Gasteiger partial charge in [0.05, 0.1) is 5.02 Å². The highest BCUT2D eigenvalue weighted by Gasteiger charge is 2.15. The Labute approximate surface area is 155 Å². The predicted molar refractivity (Wildman–Crippen MR) is 94.6 cm³/mol. The lowest BCUT2D eigenvalue weighted by Gasteiger charge is -2.11. The van der Waals surface area contributed by atoms with Crippen molar-refractivity contribution in [2.45, 2.75) is 6.61 Å². The van der Waals surface area contributed by atoms with Crippen LogP contribution in [-0.4, -0.2) is 16.1 Å². The molecule has 2 aromatic heterocycles.